The number of fused-ring (bicyclic) bond motifs is 1. The molecule has 3 N–H and O–H groups in total. The Morgan fingerprint density at radius 2 is 2.04 bits per heavy atom. The molecule has 2 heterocycles. The van der Waals surface area contributed by atoms with Crippen LogP contribution in [0.5, 0.6) is 0 Å². The van der Waals surface area contributed by atoms with Crippen LogP contribution >= 0.6 is 11.3 Å². The van der Waals surface area contributed by atoms with Crippen LogP contribution in [0.25, 0.3) is 10.9 Å². The van der Waals surface area contributed by atoms with Crippen LogP contribution < -0.4 is 11.2 Å². The van der Waals surface area contributed by atoms with Crippen molar-refractivity contribution in [1.82, 2.24) is 9.55 Å². The number of hydrazone groups is 1. The van der Waals surface area contributed by atoms with Gasteiger partial charge in [0.2, 0.25) is 5.13 Å². The maximum absolute atomic E-state index is 5.59. The number of anilines is 2. The smallest absolute Gasteiger partial charge is 0.205 e. The van der Waals surface area contributed by atoms with E-state index in [1.54, 1.807) is 11.6 Å². The first-order valence-corrected chi connectivity index (χ1v) is 8.79. The van der Waals surface area contributed by atoms with Crippen molar-refractivity contribution < 1.29 is 0 Å². The van der Waals surface area contributed by atoms with Gasteiger partial charge in [0.15, 0.2) is 0 Å². The van der Waals surface area contributed by atoms with Gasteiger partial charge in [-0.25, -0.2) is 4.98 Å². The minimum atomic E-state index is 0.504. The second-order valence-electron chi connectivity index (χ2n) is 5.70. The lowest BCUT2D eigenvalue weighted by Crippen LogP contribution is -1.97. The Bertz CT molecular complexity index is 1020. The zero-order chi connectivity index (χ0) is 17.1. The standard InChI is InChI=1S/C19H17N5S/c20-18-13-25-19(22-18)23-21-11-15-6-7-17-16(10-15)8-9-24(17)12-14-4-2-1-3-5-14/h1-11,13H,12,20H2,(H,22,23). The van der Waals surface area contributed by atoms with Crippen LogP contribution in [0.3, 0.4) is 0 Å². The molecule has 0 spiro atoms. The van der Waals surface area contributed by atoms with E-state index in [1.165, 1.54) is 27.8 Å². The summed E-state index contributed by atoms with van der Waals surface area (Å²) in [6.45, 7) is 0.866. The fourth-order valence-corrected chi connectivity index (χ4v) is 3.27. The molecule has 0 atom stereocenters. The van der Waals surface area contributed by atoms with Crippen LogP contribution in [-0.2, 0) is 6.54 Å². The predicted molar refractivity (Wildman–Crippen MR) is 105 cm³/mol. The van der Waals surface area contributed by atoms with Crippen LogP contribution in [0.2, 0.25) is 0 Å². The quantitative estimate of drug-likeness (QED) is 0.420. The molecule has 2 aromatic heterocycles. The molecule has 2 aromatic carbocycles. The summed E-state index contributed by atoms with van der Waals surface area (Å²) in [7, 11) is 0. The summed E-state index contributed by atoms with van der Waals surface area (Å²) in [5.74, 6) is 0.504. The molecule has 6 heteroatoms. The van der Waals surface area contributed by atoms with E-state index in [-0.39, 0.29) is 0 Å². The van der Waals surface area contributed by atoms with Crippen molar-refractivity contribution in [3.8, 4) is 0 Å². The summed E-state index contributed by atoms with van der Waals surface area (Å²) in [6.07, 6.45) is 3.90. The van der Waals surface area contributed by atoms with Gasteiger partial charge in [-0.15, -0.1) is 11.3 Å². The van der Waals surface area contributed by atoms with Crippen molar-refractivity contribution in [3.63, 3.8) is 0 Å². The van der Waals surface area contributed by atoms with Crippen molar-refractivity contribution >= 4 is 39.4 Å². The Labute approximate surface area is 149 Å². The van der Waals surface area contributed by atoms with Gasteiger partial charge < -0.3 is 10.3 Å². The molecule has 5 nitrogen and oxygen atoms in total. The first-order valence-electron chi connectivity index (χ1n) is 7.91. The number of hydrogen-bond acceptors (Lipinski definition) is 5. The van der Waals surface area contributed by atoms with E-state index < -0.39 is 0 Å². The monoisotopic (exact) mass is 347 g/mol. The normalized spacial score (nSPS) is 11.4. The Balaban J connectivity index is 1.51. The van der Waals surface area contributed by atoms with E-state index in [1.807, 2.05) is 6.07 Å². The van der Waals surface area contributed by atoms with Gasteiger partial charge in [0.05, 0.1) is 6.21 Å². The lowest BCUT2D eigenvalue weighted by atomic mass is 10.1. The number of aromatic nitrogens is 2. The molecular weight excluding hydrogens is 330 g/mol. The number of nitrogens with two attached hydrogens (primary N) is 1. The molecule has 0 fully saturated rings. The molecule has 4 rings (SSSR count). The van der Waals surface area contributed by atoms with Gasteiger partial charge >= 0.3 is 0 Å². The van der Waals surface area contributed by atoms with Crippen molar-refractivity contribution in [1.29, 1.82) is 0 Å². The Hall–Kier alpha value is -3.12. The maximum Gasteiger partial charge on any atom is 0.205 e. The zero-order valence-electron chi connectivity index (χ0n) is 13.5. The van der Waals surface area contributed by atoms with Crippen molar-refractivity contribution in [2.24, 2.45) is 5.10 Å². The minimum absolute atomic E-state index is 0.504. The van der Waals surface area contributed by atoms with Gasteiger partial charge in [-0.05, 0) is 29.3 Å². The van der Waals surface area contributed by atoms with Crippen LogP contribution in [-0.4, -0.2) is 15.8 Å². The lowest BCUT2D eigenvalue weighted by Gasteiger charge is -2.06. The summed E-state index contributed by atoms with van der Waals surface area (Å²) in [6, 6.07) is 18.9. The van der Waals surface area contributed by atoms with Crippen molar-refractivity contribution in [3.05, 3.63) is 77.3 Å². The molecule has 0 radical (unpaired) electrons. The maximum atomic E-state index is 5.59. The van der Waals surface area contributed by atoms with Gasteiger partial charge in [-0.2, -0.15) is 5.10 Å². The summed E-state index contributed by atoms with van der Waals surface area (Å²) < 4.78 is 2.25. The molecular formula is C19H17N5S. The largest absolute Gasteiger partial charge is 0.383 e. The molecule has 124 valence electrons. The molecule has 0 unspecified atom stereocenters. The summed E-state index contributed by atoms with van der Waals surface area (Å²) in [5.41, 5.74) is 12.0. The number of rotatable bonds is 5. The molecule has 0 saturated carbocycles. The zero-order valence-corrected chi connectivity index (χ0v) is 14.3. The van der Waals surface area contributed by atoms with E-state index in [2.05, 4.69) is 74.8 Å². The van der Waals surface area contributed by atoms with Crippen molar-refractivity contribution in [2.45, 2.75) is 6.54 Å². The fraction of sp³-hybridized carbons (Fsp3) is 0.0526. The van der Waals surface area contributed by atoms with Crippen LogP contribution in [0.4, 0.5) is 10.9 Å². The van der Waals surface area contributed by atoms with Crippen molar-refractivity contribution in [2.75, 3.05) is 11.2 Å². The third kappa shape index (κ3) is 3.54. The lowest BCUT2D eigenvalue weighted by molar-refractivity contribution is 0.837. The molecule has 0 aliphatic carbocycles. The average Bonchev–Trinajstić information content (AvgIpc) is 3.22. The highest BCUT2D eigenvalue weighted by atomic mass is 32.1. The molecule has 4 aromatic rings. The van der Waals surface area contributed by atoms with E-state index >= 15 is 0 Å². The van der Waals surface area contributed by atoms with Gasteiger partial charge in [-0.1, -0.05) is 36.4 Å². The predicted octanol–water partition coefficient (Wildman–Crippen LogP) is 4.17. The third-order valence-corrected chi connectivity index (χ3v) is 4.65. The average molecular weight is 347 g/mol. The first kappa shape index (κ1) is 15.4. The van der Waals surface area contributed by atoms with Crippen LogP contribution in [0.1, 0.15) is 11.1 Å². The molecule has 0 aliphatic heterocycles. The van der Waals surface area contributed by atoms with E-state index in [0.29, 0.717) is 10.9 Å². The molecule has 25 heavy (non-hydrogen) atoms. The second kappa shape index (κ2) is 6.78. The van der Waals surface area contributed by atoms with E-state index in [4.69, 9.17) is 5.73 Å². The summed E-state index contributed by atoms with van der Waals surface area (Å²) >= 11 is 1.43. The third-order valence-electron chi connectivity index (χ3n) is 3.89. The second-order valence-corrected chi connectivity index (χ2v) is 6.55. The number of benzene rings is 2. The highest BCUT2D eigenvalue weighted by Crippen LogP contribution is 2.19. The van der Waals surface area contributed by atoms with E-state index in [0.717, 1.165) is 12.1 Å². The number of nitrogens with one attached hydrogen (secondary N) is 1. The number of hydrogen-bond donors (Lipinski definition) is 2. The minimum Gasteiger partial charge on any atom is -0.383 e. The summed E-state index contributed by atoms with van der Waals surface area (Å²) in [5, 5.41) is 7.87. The highest BCUT2D eigenvalue weighted by molar-refractivity contribution is 7.14. The first-order chi connectivity index (χ1) is 12.3. The number of thiazole rings is 1. The van der Waals surface area contributed by atoms with Gasteiger partial charge in [0.25, 0.3) is 0 Å². The Morgan fingerprint density at radius 3 is 2.84 bits per heavy atom. The number of nitrogen functional groups attached to an aromatic ring is 1. The molecule has 0 amide bonds. The Morgan fingerprint density at radius 1 is 1.16 bits per heavy atom. The summed E-state index contributed by atoms with van der Waals surface area (Å²) in [4.78, 5) is 4.10. The Kier molecular flexibility index (Phi) is 4.18. The topological polar surface area (TPSA) is 68.2 Å². The fourth-order valence-electron chi connectivity index (χ4n) is 2.72. The van der Waals surface area contributed by atoms with Crippen LogP contribution in [0, 0.1) is 0 Å². The number of nitrogens with zero attached hydrogens (tertiary/aromatic N) is 3. The van der Waals surface area contributed by atoms with Gasteiger partial charge in [0.1, 0.15) is 5.82 Å². The molecule has 0 aliphatic rings. The SMILES string of the molecule is Nc1csc(NN=Cc2ccc3c(ccn3Cc3ccccc3)c2)n1. The van der Waals surface area contributed by atoms with Crippen LogP contribution in [0.15, 0.2) is 71.3 Å². The van der Waals surface area contributed by atoms with Gasteiger partial charge in [-0.3, -0.25) is 5.43 Å². The molecule has 0 saturated heterocycles. The van der Waals surface area contributed by atoms with E-state index in [9.17, 15) is 0 Å². The molecule has 0 bridgehead atoms. The highest BCUT2D eigenvalue weighted by Gasteiger charge is 2.03. The van der Waals surface area contributed by atoms with Gasteiger partial charge in [0, 0.05) is 29.0 Å².